The van der Waals surface area contributed by atoms with Crippen LogP contribution in [-0.4, -0.2) is 21.7 Å². The first-order chi connectivity index (χ1) is 11.1. The summed E-state index contributed by atoms with van der Waals surface area (Å²) in [6.45, 7) is 3.80. The minimum Gasteiger partial charge on any atom is -0.295 e. The topological polar surface area (TPSA) is 48.3 Å². The van der Waals surface area contributed by atoms with E-state index >= 15 is 0 Å². The second-order valence-corrected chi connectivity index (χ2v) is 6.22. The van der Waals surface area contributed by atoms with Crippen LogP contribution in [0, 0.1) is 0 Å². The number of rotatable bonds is 1. The van der Waals surface area contributed by atoms with Crippen molar-refractivity contribution < 1.29 is 4.79 Å². The zero-order valence-electron chi connectivity index (χ0n) is 12.7. The van der Waals surface area contributed by atoms with Gasteiger partial charge in [0, 0.05) is 11.9 Å². The van der Waals surface area contributed by atoms with Crippen LogP contribution in [-0.2, 0) is 4.79 Å². The molecule has 0 saturated carbocycles. The van der Waals surface area contributed by atoms with Crippen LogP contribution in [0.5, 0.6) is 0 Å². The molecule has 0 aromatic heterocycles. The van der Waals surface area contributed by atoms with Gasteiger partial charge in [0.05, 0.1) is 22.7 Å². The van der Waals surface area contributed by atoms with Gasteiger partial charge < -0.3 is 0 Å². The van der Waals surface area contributed by atoms with E-state index in [4.69, 9.17) is 0 Å². The number of hydrazone groups is 1. The summed E-state index contributed by atoms with van der Waals surface area (Å²) in [7, 11) is 0. The molecule has 3 heterocycles. The normalized spacial score (nSPS) is 23.0. The lowest BCUT2D eigenvalue weighted by Gasteiger charge is -2.23. The van der Waals surface area contributed by atoms with E-state index < -0.39 is 0 Å². The van der Waals surface area contributed by atoms with Gasteiger partial charge in [-0.05, 0) is 37.5 Å². The van der Waals surface area contributed by atoms with Gasteiger partial charge in [0.25, 0.3) is 5.91 Å². The van der Waals surface area contributed by atoms with E-state index in [1.165, 1.54) is 5.01 Å². The highest BCUT2D eigenvalue weighted by Crippen LogP contribution is 2.34. The van der Waals surface area contributed by atoms with E-state index in [0.29, 0.717) is 11.3 Å². The van der Waals surface area contributed by atoms with Gasteiger partial charge in [0.1, 0.15) is 0 Å². The number of hydrogen-bond acceptors (Lipinski definition) is 5. The highest BCUT2D eigenvalue weighted by atomic mass is 32.2. The Labute approximate surface area is 138 Å². The molecule has 0 spiro atoms. The maximum Gasteiger partial charge on any atom is 0.282 e. The monoisotopic (exact) mass is 322 g/mol. The maximum absolute atomic E-state index is 12.9. The minimum absolute atomic E-state index is 0.112. The van der Waals surface area contributed by atoms with Crippen LogP contribution < -0.4 is 5.01 Å². The Hall–Kier alpha value is -2.60. The van der Waals surface area contributed by atoms with E-state index in [1.54, 1.807) is 11.8 Å². The summed E-state index contributed by atoms with van der Waals surface area (Å²) in [5, 5.41) is 8.74. The molecule has 1 aromatic rings. The fourth-order valence-electron chi connectivity index (χ4n) is 2.72. The van der Waals surface area contributed by atoms with Gasteiger partial charge in [-0.1, -0.05) is 30.0 Å². The number of carbonyl (C=O) groups is 1. The van der Waals surface area contributed by atoms with Crippen molar-refractivity contribution in [2.45, 2.75) is 13.8 Å². The third-order valence-corrected chi connectivity index (χ3v) is 4.50. The number of allylic oxidation sites excluding steroid dienone is 2. The number of para-hydroxylation sites is 1. The van der Waals surface area contributed by atoms with Crippen LogP contribution in [0.1, 0.15) is 13.8 Å². The van der Waals surface area contributed by atoms with Gasteiger partial charge in [-0.2, -0.15) is 10.1 Å². The number of fused-ring (bicyclic) bond motifs is 1. The molecular formula is C17H14N4OS. The predicted molar refractivity (Wildman–Crippen MR) is 93.8 cm³/mol. The average molecular weight is 322 g/mol. The summed E-state index contributed by atoms with van der Waals surface area (Å²) in [5.74, 6) is -0.112. The van der Waals surface area contributed by atoms with Crippen molar-refractivity contribution in [1.82, 2.24) is 4.90 Å². The van der Waals surface area contributed by atoms with Crippen LogP contribution in [0.2, 0.25) is 0 Å². The van der Waals surface area contributed by atoms with Gasteiger partial charge in [-0.3, -0.25) is 9.69 Å². The molecule has 0 radical (unpaired) electrons. The quantitative estimate of drug-likeness (QED) is 0.744. The molecule has 6 heteroatoms. The minimum atomic E-state index is -0.112. The van der Waals surface area contributed by atoms with Crippen molar-refractivity contribution in [3.05, 3.63) is 65.0 Å². The van der Waals surface area contributed by atoms with Gasteiger partial charge in [-0.25, -0.2) is 4.99 Å². The number of aliphatic imine (C=N–C) groups is 1. The molecule has 0 unspecified atom stereocenters. The SMILES string of the molecule is CC1=C/C(=C2/C(=O)N(c3ccccc3)N=C2C)N2C=CSC2=N1. The van der Waals surface area contributed by atoms with Crippen LogP contribution in [0.15, 0.2) is 75.1 Å². The van der Waals surface area contributed by atoms with Gasteiger partial charge in [0.15, 0.2) is 5.17 Å². The van der Waals surface area contributed by atoms with Crippen LogP contribution >= 0.6 is 11.8 Å². The lowest BCUT2D eigenvalue weighted by molar-refractivity contribution is -0.114. The van der Waals surface area contributed by atoms with E-state index in [0.717, 1.165) is 22.2 Å². The van der Waals surface area contributed by atoms with Crippen molar-refractivity contribution in [3.63, 3.8) is 0 Å². The molecule has 0 N–H and O–H groups in total. The molecule has 3 aliphatic heterocycles. The van der Waals surface area contributed by atoms with Gasteiger partial charge in [0.2, 0.25) is 0 Å². The second kappa shape index (κ2) is 5.24. The zero-order chi connectivity index (χ0) is 16.0. The highest BCUT2D eigenvalue weighted by Gasteiger charge is 2.35. The van der Waals surface area contributed by atoms with Gasteiger partial charge >= 0.3 is 0 Å². The Kier molecular flexibility index (Phi) is 3.20. The second-order valence-electron chi connectivity index (χ2n) is 5.35. The summed E-state index contributed by atoms with van der Waals surface area (Å²) in [6, 6.07) is 9.47. The fourth-order valence-corrected chi connectivity index (χ4v) is 3.50. The Bertz CT molecular complexity index is 849. The molecule has 0 bridgehead atoms. The smallest absolute Gasteiger partial charge is 0.282 e. The number of hydrogen-bond donors (Lipinski definition) is 0. The molecule has 0 saturated heterocycles. The number of thioether (sulfide) groups is 1. The maximum atomic E-state index is 12.9. The van der Waals surface area contributed by atoms with Crippen LogP contribution in [0.4, 0.5) is 5.69 Å². The molecule has 4 rings (SSSR count). The zero-order valence-corrected chi connectivity index (χ0v) is 13.5. The number of amidine groups is 1. The Balaban J connectivity index is 1.81. The first-order valence-electron chi connectivity index (χ1n) is 7.24. The lowest BCUT2D eigenvalue weighted by Crippen LogP contribution is -2.28. The third kappa shape index (κ3) is 2.22. The van der Waals surface area contributed by atoms with E-state index in [1.807, 2.05) is 66.8 Å². The molecule has 1 aromatic carbocycles. The Morgan fingerprint density at radius 3 is 2.70 bits per heavy atom. The van der Waals surface area contributed by atoms with Gasteiger partial charge in [-0.15, -0.1) is 0 Å². The number of amides is 1. The van der Waals surface area contributed by atoms with Crippen molar-refractivity contribution in [2.75, 3.05) is 5.01 Å². The average Bonchev–Trinajstić information content (AvgIpc) is 3.12. The molecule has 0 atom stereocenters. The van der Waals surface area contributed by atoms with E-state index in [2.05, 4.69) is 10.1 Å². The van der Waals surface area contributed by atoms with Crippen LogP contribution in [0.25, 0.3) is 0 Å². The number of benzene rings is 1. The summed E-state index contributed by atoms with van der Waals surface area (Å²) in [5.41, 5.74) is 3.81. The largest absolute Gasteiger partial charge is 0.295 e. The molecule has 23 heavy (non-hydrogen) atoms. The van der Waals surface area contributed by atoms with Crippen molar-refractivity contribution in [1.29, 1.82) is 0 Å². The summed E-state index contributed by atoms with van der Waals surface area (Å²) >= 11 is 1.55. The van der Waals surface area contributed by atoms with E-state index in [9.17, 15) is 4.79 Å². The molecule has 0 fully saturated rings. The lowest BCUT2D eigenvalue weighted by atomic mass is 10.1. The number of nitrogens with zero attached hydrogens (tertiary/aromatic N) is 4. The first kappa shape index (κ1) is 14.0. The highest BCUT2D eigenvalue weighted by molar-refractivity contribution is 8.16. The number of anilines is 1. The molecule has 5 nitrogen and oxygen atoms in total. The summed E-state index contributed by atoms with van der Waals surface area (Å²) in [6.07, 6.45) is 3.86. The standard InChI is InChI=1S/C17H14N4OS/c1-11-10-14(20-8-9-23-17(20)18-11)15-12(2)19-21(16(15)22)13-6-4-3-5-7-13/h3-10H,1-2H3/b15-14-. The Morgan fingerprint density at radius 2 is 1.91 bits per heavy atom. The first-order valence-corrected chi connectivity index (χ1v) is 8.12. The predicted octanol–water partition coefficient (Wildman–Crippen LogP) is 3.46. The van der Waals surface area contributed by atoms with Crippen molar-refractivity contribution >= 4 is 34.2 Å². The van der Waals surface area contributed by atoms with Crippen molar-refractivity contribution in [2.24, 2.45) is 10.1 Å². The molecule has 114 valence electrons. The summed E-state index contributed by atoms with van der Waals surface area (Å²) < 4.78 is 0. The van der Waals surface area contributed by atoms with E-state index in [-0.39, 0.29) is 5.91 Å². The molecular weight excluding hydrogens is 308 g/mol. The molecule has 1 amide bonds. The third-order valence-electron chi connectivity index (χ3n) is 3.74. The summed E-state index contributed by atoms with van der Waals surface area (Å²) in [4.78, 5) is 19.4. The fraction of sp³-hybridized carbons (Fsp3) is 0.118. The van der Waals surface area contributed by atoms with Crippen LogP contribution in [0.3, 0.4) is 0 Å². The van der Waals surface area contributed by atoms with Crippen molar-refractivity contribution in [3.8, 4) is 0 Å². The molecule has 0 aliphatic carbocycles. The molecule has 3 aliphatic rings. The Morgan fingerprint density at radius 1 is 1.13 bits per heavy atom. The number of carbonyl (C=O) groups excluding carboxylic acids is 1.